The molecule has 1 aliphatic heterocycles. The number of hydrogen-bond donors (Lipinski definition) is 1. The molecule has 1 aromatic carbocycles. The molecule has 1 saturated heterocycles. The first-order valence-corrected chi connectivity index (χ1v) is 9.72. The van der Waals surface area contributed by atoms with Crippen LogP contribution in [0, 0.1) is 0 Å². The molecule has 1 aromatic heterocycles. The maximum Gasteiger partial charge on any atom is 0.387 e. The number of aromatic nitrogens is 1. The van der Waals surface area contributed by atoms with Crippen LogP contribution in [-0.4, -0.2) is 66.6 Å². The number of carbonyl (C=O) groups is 1. The van der Waals surface area contributed by atoms with Crippen LogP contribution in [0.15, 0.2) is 48.8 Å². The maximum absolute atomic E-state index is 12.2. The predicted octanol–water partition coefficient (Wildman–Crippen LogP) is 2.16. The molecule has 8 heteroatoms. The molecule has 2 heterocycles. The van der Waals surface area contributed by atoms with Crippen molar-refractivity contribution in [2.75, 3.05) is 39.3 Å². The highest BCUT2D eigenvalue weighted by Crippen LogP contribution is 2.15. The van der Waals surface area contributed by atoms with Gasteiger partial charge in [-0.2, -0.15) is 8.78 Å². The second kappa shape index (κ2) is 10.8. The van der Waals surface area contributed by atoms with Gasteiger partial charge in [-0.05, 0) is 41.8 Å². The predicted molar refractivity (Wildman–Crippen MR) is 106 cm³/mol. The summed E-state index contributed by atoms with van der Waals surface area (Å²) in [7, 11) is 0. The first kappa shape index (κ1) is 21.1. The molecule has 1 aliphatic rings. The zero-order chi connectivity index (χ0) is 20.5. The summed E-state index contributed by atoms with van der Waals surface area (Å²) in [5.74, 6) is 0.140. The van der Waals surface area contributed by atoms with E-state index in [9.17, 15) is 13.6 Å². The van der Waals surface area contributed by atoms with Crippen molar-refractivity contribution in [1.29, 1.82) is 0 Å². The van der Waals surface area contributed by atoms with Crippen molar-refractivity contribution in [3.63, 3.8) is 0 Å². The Hall–Kier alpha value is -2.58. The van der Waals surface area contributed by atoms with Crippen LogP contribution in [0.25, 0.3) is 0 Å². The van der Waals surface area contributed by atoms with Gasteiger partial charge in [0.05, 0.1) is 6.54 Å². The summed E-state index contributed by atoms with van der Waals surface area (Å²) in [4.78, 5) is 20.8. The lowest BCUT2D eigenvalue weighted by molar-refractivity contribution is -0.122. The number of carbonyl (C=O) groups excluding carboxylic acids is 1. The Kier molecular flexibility index (Phi) is 7.89. The molecule has 0 bridgehead atoms. The van der Waals surface area contributed by atoms with Crippen LogP contribution in [0.3, 0.4) is 0 Å². The van der Waals surface area contributed by atoms with E-state index in [1.165, 1.54) is 17.7 Å². The molecule has 1 fully saturated rings. The summed E-state index contributed by atoms with van der Waals surface area (Å²) in [6.07, 6.45) is 4.25. The lowest BCUT2D eigenvalue weighted by Crippen LogP contribution is -2.49. The summed E-state index contributed by atoms with van der Waals surface area (Å²) < 4.78 is 28.6. The van der Waals surface area contributed by atoms with E-state index in [1.807, 2.05) is 24.5 Å². The molecule has 0 unspecified atom stereocenters. The fourth-order valence-corrected chi connectivity index (χ4v) is 3.29. The standard InChI is InChI=1S/C21H26F2N4O2/c22-21(23)29-19-3-1-17(2-4-19)7-10-25-20(28)16-27-13-11-26(12-14-27)15-18-5-8-24-9-6-18/h1-6,8-9,21H,7,10-16H2,(H,25,28). The van der Waals surface area contributed by atoms with E-state index in [0.29, 0.717) is 19.5 Å². The SMILES string of the molecule is O=C(CN1CCN(Cc2ccncc2)CC1)NCCc1ccc(OC(F)F)cc1. The monoisotopic (exact) mass is 404 g/mol. The minimum Gasteiger partial charge on any atom is -0.435 e. The zero-order valence-corrected chi connectivity index (χ0v) is 16.3. The highest BCUT2D eigenvalue weighted by Gasteiger charge is 2.18. The van der Waals surface area contributed by atoms with Crippen LogP contribution < -0.4 is 10.1 Å². The number of amides is 1. The molecule has 156 valence electrons. The van der Waals surface area contributed by atoms with Crippen LogP contribution in [0.1, 0.15) is 11.1 Å². The van der Waals surface area contributed by atoms with Crippen molar-refractivity contribution in [2.24, 2.45) is 0 Å². The quantitative estimate of drug-likeness (QED) is 0.694. The third-order valence-corrected chi connectivity index (χ3v) is 4.87. The van der Waals surface area contributed by atoms with Gasteiger partial charge >= 0.3 is 6.61 Å². The number of pyridine rings is 1. The molecule has 0 atom stereocenters. The Labute approximate surface area is 169 Å². The number of ether oxygens (including phenoxy) is 1. The van der Waals surface area contributed by atoms with Crippen molar-refractivity contribution in [1.82, 2.24) is 20.1 Å². The van der Waals surface area contributed by atoms with E-state index in [-0.39, 0.29) is 11.7 Å². The molecule has 3 rings (SSSR count). The van der Waals surface area contributed by atoms with Gasteiger partial charge in [-0.3, -0.25) is 19.6 Å². The Bertz CT molecular complexity index is 751. The van der Waals surface area contributed by atoms with Crippen molar-refractivity contribution in [2.45, 2.75) is 19.6 Å². The molecule has 29 heavy (non-hydrogen) atoms. The number of alkyl halides is 2. The summed E-state index contributed by atoms with van der Waals surface area (Å²) >= 11 is 0. The molecule has 0 radical (unpaired) electrons. The fourth-order valence-electron chi connectivity index (χ4n) is 3.29. The average molecular weight is 404 g/mol. The molecule has 0 spiro atoms. The van der Waals surface area contributed by atoms with E-state index in [1.54, 1.807) is 12.1 Å². The molecule has 1 amide bonds. The Balaban J connectivity index is 1.31. The third kappa shape index (κ3) is 7.40. The number of nitrogens with zero attached hydrogens (tertiary/aromatic N) is 3. The molecule has 6 nitrogen and oxygen atoms in total. The maximum atomic E-state index is 12.2. The number of halogens is 2. The smallest absolute Gasteiger partial charge is 0.387 e. The number of piperazine rings is 1. The van der Waals surface area contributed by atoms with Crippen LogP contribution in [0.4, 0.5) is 8.78 Å². The van der Waals surface area contributed by atoms with Crippen LogP contribution >= 0.6 is 0 Å². The number of hydrogen-bond acceptors (Lipinski definition) is 5. The molecule has 0 aliphatic carbocycles. The molecule has 2 aromatic rings. The largest absolute Gasteiger partial charge is 0.435 e. The van der Waals surface area contributed by atoms with Crippen molar-refractivity contribution in [3.05, 3.63) is 59.9 Å². The average Bonchev–Trinajstić information content (AvgIpc) is 2.71. The molecular weight excluding hydrogens is 378 g/mol. The number of benzene rings is 1. The van der Waals surface area contributed by atoms with Gasteiger partial charge in [-0.15, -0.1) is 0 Å². The summed E-state index contributed by atoms with van der Waals surface area (Å²) in [6, 6.07) is 10.5. The minimum atomic E-state index is -2.82. The summed E-state index contributed by atoms with van der Waals surface area (Å²) in [6.45, 7) is 2.58. The van der Waals surface area contributed by atoms with Gasteiger partial charge in [-0.25, -0.2) is 0 Å². The van der Waals surface area contributed by atoms with Crippen molar-refractivity contribution >= 4 is 5.91 Å². The van der Waals surface area contributed by atoms with Gasteiger partial charge < -0.3 is 10.1 Å². The Morgan fingerprint density at radius 2 is 1.66 bits per heavy atom. The number of nitrogens with one attached hydrogen (secondary N) is 1. The van der Waals surface area contributed by atoms with Gasteiger partial charge in [0, 0.05) is 51.7 Å². The highest BCUT2D eigenvalue weighted by molar-refractivity contribution is 5.78. The molecule has 0 saturated carbocycles. The summed E-state index contributed by atoms with van der Waals surface area (Å²) in [5.41, 5.74) is 2.21. The van der Waals surface area contributed by atoms with E-state index in [0.717, 1.165) is 38.3 Å². The van der Waals surface area contributed by atoms with Crippen molar-refractivity contribution in [3.8, 4) is 5.75 Å². The van der Waals surface area contributed by atoms with Gasteiger partial charge in [0.25, 0.3) is 0 Å². The lowest BCUT2D eigenvalue weighted by atomic mass is 10.1. The van der Waals surface area contributed by atoms with Gasteiger partial charge in [0.2, 0.25) is 5.91 Å². The highest BCUT2D eigenvalue weighted by atomic mass is 19.3. The fraction of sp³-hybridized carbons (Fsp3) is 0.429. The minimum absolute atomic E-state index is 0.00485. The van der Waals surface area contributed by atoms with Gasteiger partial charge in [0.1, 0.15) is 5.75 Å². The topological polar surface area (TPSA) is 57.7 Å². The first-order chi connectivity index (χ1) is 14.1. The second-order valence-corrected chi connectivity index (χ2v) is 7.03. The molecule has 1 N–H and O–H groups in total. The van der Waals surface area contributed by atoms with E-state index in [2.05, 4.69) is 24.8 Å². The summed E-state index contributed by atoms with van der Waals surface area (Å²) in [5, 5.41) is 2.92. The van der Waals surface area contributed by atoms with E-state index >= 15 is 0 Å². The third-order valence-electron chi connectivity index (χ3n) is 4.87. The van der Waals surface area contributed by atoms with Gasteiger partial charge in [0.15, 0.2) is 0 Å². The van der Waals surface area contributed by atoms with Crippen LogP contribution in [0.5, 0.6) is 5.75 Å². The van der Waals surface area contributed by atoms with Crippen LogP contribution in [0.2, 0.25) is 0 Å². The van der Waals surface area contributed by atoms with Gasteiger partial charge in [-0.1, -0.05) is 12.1 Å². The van der Waals surface area contributed by atoms with E-state index < -0.39 is 6.61 Å². The van der Waals surface area contributed by atoms with E-state index in [4.69, 9.17) is 0 Å². The Morgan fingerprint density at radius 1 is 1.00 bits per heavy atom. The zero-order valence-electron chi connectivity index (χ0n) is 16.3. The first-order valence-electron chi connectivity index (χ1n) is 9.72. The Morgan fingerprint density at radius 3 is 2.31 bits per heavy atom. The lowest BCUT2D eigenvalue weighted by Gasteiger charge is -2.34. The number of rotatable bonds is 9. The molecular formula is C21H26F2N4O2. The van der Waals surface area contributed by atoms with Crippen LogP contribution in [-0.2, 0) is 17.8 Å². The van der Waals surface area contributed by atoms with Crippen molar-refractivity contribution < 1.29 is 18.3 Å². The normalized spacial score (nSPS) is 15.4. The second-order valence-electron chi connectivity index (χ2n) is 7.03.